The summed E-state index contributed by atoms with van der Waals surface area (Å²) in [7, 11) is 0. The minimum absolute atomic E-state index is 0.215. The van der Waals surface area contributed by atoms with E-state index in [1.54, 1.807) is 0 Å². The summed E-state index contributed by atoms with van der Waals surface area (Å²) in [6.07, 6.45) is -5.65. The molecule has 8 atom stereocenters. The quantitative estimate of drug-likeness (QED) is 0.425. The molecule has 0 aromatic heterocycles. The van der Waals surface area contributed by atoms with Crippen LogP contribution in [0, 0.1) is 17.5 Å². The molecule has 4 heterocycles. The predicted molar refractivity (Wildman–Crippen MR) is 107 cm³/mol. The lowest BCUT2D eigenvalue weighted by Crippen LogP contribution is -2.51. The van der Waals surface area contributed by atoms with Crippen LogP contribution in [0.4, 0.5) is 22.0 Å². The van der Waals surface area contributed by atoms with Crippen molar-refractivity contribution in [1.29, 1.82) is 0 Å². The van der Waals surface area contributed by atoms with Crippen molar-refractivity contribution in [3.8, 4) is 5.75 Å². The third-order valence-corrected chi connectivity index (χ3v) is 7.89. The van der Waals surface area contributed by atoms with E-state index in [1.165, 1.54) is 0 Å². The average molecular weight is 498 g/mol. The largest absolute Gasteiger partial charge is 0.454 e. The number of carbonyl (C=O) groups is 1. The molecule has 4 aliphatic heterocycles. The van der Waals surface area contributed by atoms with Crippen LogP contribution >= 0.6 is 0 Å². The number of halogens is 5. The van der Waals surface area contributed by atoms with Crippen molar-refractivity contribution in [2.45, 2.75) is 67.5 Å². The number of hydrogen-bond donors (Lipinski definition) is 2. The first-order valence-electron chi connectivity index (χ1n) is 11.3. The maximum Gasteiger partial charge on any atom is 0.277 e. The molecule has 12 heteroatoms. The second kappa shape index (κ2) is 6.68. The molecule has 4 N–H and O–H groups in total. The normalized spacial score (nSPS) is 41.3. The summed E-state index contributed by atoms with van der Waals surface area (Å²) in [6, 6.07) is -2.50. The summed E-state index contributed by atoms with van der Waals surface area (Å²) in [5, 5.41) is -1.34. The Balaban J connectivity index is 1.51. The molecule has 2 aromatic rings. The van der Waals surface area contributed by atoms with Crippen molar-refractivity contribution in [3.63, 3.8) is 0 Å². The first kappa shape index (κ1) is 21.9. The third kappa shape index (κ3) is 2.58. The molecule has 7 nitrogen and oxygen atoms in total. The summed E-state index contributed by atoms with van der Waals surface area (Å²) < 4.78 is 100. The molecule has 5 aliphatic rings. The molecule has 2 aromatic carbocycles. The van der Waals surface area contributed by atoms with Gasteiger partial charge in [0.05, 0.1) is 35.2 Å². The Morgan fingerprint density at radius 2 is 1.80 bits per heavy atom. The number of hydrogen-bond acceptors (Lipinski definition) is 7. The van der Waals surface area contributed by atoms with E-state index in [2.05, 4.69) is 0 Å². The van der Waals surface area contributed by atoms with Crippen LogP contribution in [-0.2, 0) is 14.2 Å². The summed E-state index contributed by atoms with van der Waals surface area (Å²) in [5.74, 6) is -8.33. The van der Waals surface area contributed by atoms with Crippen LogP contribution < -0.4 is 16.2 Å². The molecule has 186 valence electrons. The van der Waals surface area contributed by atoms with Crippen LogP contribution in [0.2, 0.25) is 0 Å². The van der Waals surface area contributed by atoms with Gasteiger partial charge in [0.15, 0.2) is 18.6 Å². The highest BCUT2D eigenvalue weighted by Crippen LogP contribution is 2.58. The maximum atomic E-state index is 16.2. The minimum Gasteiger partial charge on any atom is -0.454 e. The molecular weight excluding hydrogens is 479 g/mol. The van der Waals surface area contributed by atoms with Crippen molar-refractivity contribution < 1.29 is 45.7 Å². The fraction of sp³-hybridized carbons (Fsp3) is 0.522. The SMILES string of the molecule is NC1c2c(c(F)c3c4c(c(F)cc3c2F)C2OC3OC2C(F)(CCCC32CO2)O4)C(=O)C(F)C1N. The summed E-state index contributed by atoms with van der Waals surface area (Å²) in [5.41, 5.74) is 8.67. The number of carbonyl (C=O) groups excluding carboxylic acids is 1. The number of nitrogens with two attached hydrogens (primary N) is 2. The Labute approximate surface area is 194 Å². The molecule has 0 radical (unpaired) electrons. The smallest absolute Gasteiger partial charge is 0.277 e. The molecule has 0 saturated carbocycles. The minimum atomic E-state index is -2.56. The lowest BCUT2D eigenvalue weighted by atomic mass is 9.79. The molecule has 35 heavy (non-hydrogen) atoms. The molecule has 7 rings (SSSR count). The van der Waals surface area contributed by atoms with Gasteiger partial charge in [0.1, 0.15) is 34.9 Å². The highest BCUT2D eigenvalue weighted by Gasteiger charge is 2.66. The van der Waals surface area contributed by atoms with Crippen LogP contribution in [0.25, 0.3) is 10.8 Å². The van der Waals surface area contributed by atoms with Crippen molar-refractivity contribution in [1.82, 2.24) is 0 Å². The van der Waals surface area contributed by atoms with Crippen LogP contribution in [0.1, 0.15) is 52.9 Å². The standard InChI is InChI=1S/C23H19F5N2O5/c24-7-4-6-8(13(26)11-10(12(6)25)15(29)16(30)14(27)17(11)31)18-9(7)19-20-23(28,35-18)3-1-2-22(5-32-22)21(33-19)34-20/h4,14-16,19-21H,1-3,5,29-30H2. The molecule has 1 aliphatic carbocycles. The van der Waals surface area contributed by atoms with E-state index in [0.29, 0.717) is 25.5 Å². The van der Waals surface area contributed by atoms with Gasteiger partial charge in [-0.15, -0.1) is 0 Å². The van der Waals surface area contributed by atoms with Crippen LogP contribution in [0.3, 0.4) is 0 Å². The zero-order chi connectivity index (χ0) is 24.6. The number of benzene rings is 2. The first-order valence-corrected chi connectivity index (χ1v) is 11.3. The number of Topliss-reactive ketones (excluding diaryl/α,β-unsaturated/α-hetero) is 1. The van der Waals surface area contributed by atoms with Gasteiger partial charge >= 0.3 is 0 Å². The highest BCUT2D eigenvalue weighted by molar-refractivity contribution is 6.07. The maximum absolute atomic E-state index is 16.2. The monoisotopic (exact) mass is 498 g/mol. The van der Waals surface area contributed by atoms with E-state index in [0.717, 1.165) is 0 Å². The highest BCUT2D eigenvalue weighted by atomic mass is 19.2. The second-order valence-corrected chi connectivity index (χ2v) is 9.85. The van der Waals surface area contributed by atoms with E-state index in [1.807, 2.05) is 0 Å². The van der Waals surface area contributed by atoms with E-state index >= 15 is 17.6 Å². The summed E-state index contributed by atoms with van der Waals surface area (Å²) in [4.78, 5) is 12.6. The lowest BCUT2D eigenvalue weighted by Gasteiger charge is -2.40. The van der Waals surface area contributed by atoms with Gasteiger partial charge in [-0.1, -0.05) is 0 Å². The molecule has 0 amide bonds. The Morgan fingerprint density at radius 3 is 2.51 bits per heavy atom. The van der Waals surface area contributed by atoms with Gasteiger partial charge in [-0.25, -0.2) is 17.6 Å². The lowest BCUT2D eigenvalue weighted by molar-refractivity contribution is -0.199. The number of epoxide rings is 1. The fourth-order valence-electron chi connectivity index (χ4n) is 5.92. The summed E-state index contributed by atoms with van der Waals surface area (Å²) >= 11 is 0. The molecule has 3 saturated heterocycles. The zero-order valence-corrected chi connectivity index (χ0v) is 18.0. The summed E-state index contributed by atoms with van der Waals surface area (Å²) in [6.45, 7) is 0.325. The van der Waals surface area contributed by atoms with Gasteiger partial charge in [-0.3, -0.25) is 4.79 Å². The van der Waals surface area contributed by atoms with Crippen LogP contribution in [0.5, 0.6) is 5.75 Å². The van der Waals surface area contributed by atoms with Crippen LogP contribution in [-0.4, -0.2) is 48.5 Å². The van der Waals surface area contributed by atoms with Crippen molar-refractivity contribution in [2.24, 2.45) is 11.5 Å². The number of alkyl halides is 2. The number of fused-ring (bicyclic) bond motifs is 7. The van der Waals surface area contributed by atoms with E-state index in [4.69, 9.17) is 30.4 Å². The van der Waals surface area contributed by atoms with Gasteiger partial charge in [0.2, 0.25) is 5.78 Å². The topological polar surface area (TPSA) is 109 Å². The Hall–Kier alpha value is -2.38. The van der Waals surface area contributed by atoms with Crippen molar-refractivity contribution in [2.75, 3.05) is 6.61 Å². The van der Waals surface area contributed by atoms with Gasteiger partial charge in [-0.05, 0) is 18.9 Å². The molecular formula is C23H19F5N2O5. The van der Waals surface area contributed by atoms with E-state index in [-0.39, 0.29) is 12.0 Å². The molecule has 8 unspecified atom stereocenters. The molecule has 1 spiro atoms. The van der Waals surface area contributed by atoms with Gasteiger partial charge in [0, 0.05) is 17.4 Å². The van der Waals surface area contributed by atoms with Gasteiger partial charge < -0.3 is 30.4 Å². The third-order valence-electron chi connectivity index (χ3n) is 7.89. The Bertz CT molecular complexity index is 1340. The van der Waals surface area contributed by atoms with Gasteiger partial charge in [-0.2, -0.15) is 4.39 Å². The van der Waals surface area contributed by atoms with Crippen molar-refractivity contribution in [3.05, 3.63) is 40.2 Å². The Morgan fingerprint density at radius 1 is 1.06 bits per heavy atom. The van der Waals surface area contributed by atoms with Gasteiger partial charge in [0.25, 0.3) is 5.85 Å². The number of rotatable bonds is 0. The molecule has 3 fully saturated rings. The predicted octanol–water partition coefficient (Wildman–Crippen LogP) is 2.91. The fourth-order valence-corrected chi connectivity index (χ4v) is 5.92. The first-order chi connectivity index (χ1) is 16.6. The number of ketones is 1. The molecule has 2 bridgehead atoms. The Kier molecular flexibility index (Phi) is 4.17. The number of ether oxygens (including phenoxy) is 4. The van der Waals surface area contributed by atoms with Crippen molar-refractivity contribution >= 4 is 16.6 Å². The second-order valence-electron chi connectivity index (χ2n) is 9.85. The zero-order valence-electron chi connectivity index (χ0n) is 18.0. The van der Waals surface area contributed by atoms with E-state index < -0.39 is 99.1 Å². The van der Waals surface area contributed by atoms with Crippen LogP contribution in [0.15, 0.2) is 6.07 Å². The van der Waals surface area contributed by atoms with E-state index in [9.17, 15) is 9.18 Å². The average Bonchev–Trinajstić information content (AvgIpc) is 3.45.